The minimum absolute atomic E-state index is 0.0612. The number of allylic oxidation sites excluding steroid dienone is 2. The second kappa shape index (κ2) is 5.91. The number of rotatable bonds is 3. The number of benzene rings is 2. The van der Waals surface area contributed by atoms with Crippen LogP contribution < -0.4 is 0 Å². The normalized spacial score (nSPS) is 11.9. The molecule has 0 amide bonds. The van der Waals surface area contributed by atoms with Crippen molar-refractivity contribution in [3.05, 3.63) is 71.3 Å². The van der Waals surface area contributed by atoms with Crippen molar-refractivity contribution in [2.45, 2.75) is 6.92 Å². The highest BCUT2D eigenvalue weighted by Crippen LogP contribution is 2.22. The highest BCUT2D eigenvalue weighted by atomic mass is 16.3. The van der Waals surface area contributed by atoms with Crippen LogP contribution in [0.15, 0.2) is 60.2 Å². The minimum Gasteiger partial charge on any atom is -0.508 e. The van der Waals surface area contributed by atoms with Gasteiger partial charge in [-0.25, -0.2) is 0 Å². The van der Waals surface area contributed by atoms with Gasteiger partial charge in [0.1, 0.15) is 11.5 Å². The zero-order chi connectivity index (χ0) is 13.7. The van der Waals surface area contributed by atoms with Crippen molar-refractivity contribution < 1.29 is 10.2 Å². The van der Waals surface area contributed by atoms with Gasteiger partial charge in [-0.15, -0.1) is 0 Å². The number of phenols is 2. The third-order valence-corrected chi connectivity index (χ3v) is 2.66. The monoisotopic (exact) mass is 252 g/mol. The van der Waals surface area contributed by atoms with Crippen LogP contribution >= 0.6 is 0 Å². The van der Waals surface area contributed by atoms with Crippen molar-refractivity contribution >= 4 is 12.2 Å². The summed E-state index contributed by atoms with van der Waals surface area (Å²) < 4.78 is 0. The third-order valence-electron chi connectivity index (χ3n) is 2.66. The summed E-state index contributed by atoms with van der Waals surface area (Å²) >= 11 is 0. The fourth-order valence-electron chi connectivity index (χ4n) is 1.80. The van der Waals surface area contributed by atoms with Crippen LogP contribution in [0.3, 0.4) is 0 Å². The highest BCUT2D eigenvalue weighted by Gasteiger charge is 1.96. The second-order valence-corrected chi connectivity index (χ2v) is 4.42. The lowest BCUT2D eigenvalue weighted by Crippen LogP contribution is -1.76. The van der Waals surface area contributed by atoms with Crippen LogP contribution in [-0.4, -0.2) is 10.2 Å². The largest absolute Gasteiger partial charge is 0.508 e. The number of hydrogen-bond donors (Lipinski definition) is 2. The quantitative estimate of drug-likeness (QED) is 0.803. The molecule has 2 rings (SSSR count). The molecule has 0 unspecified atom stereocenters. The molecule has 0 aromatic heterocycles. The Labute approximate surface area is 113 Å². The molecule has 0 heterocycles. The van der Waals surface area contributed by atoms with Crippen LogP contribution in [0, 0.1) is 0 Å². The lowest BCUT2D eigenvalue weighted by atomic mass is 10.1. The molecule has 0 aliphatic heterocycles. The first-order valence-corrected chi connectivity index (χ1v) is 6.08. The topological polar surface area (TPSA) is 40.5 Å². The summed E-state index contributed by atoms with van der Waals surface area (Å²) in [7, 11) is 0. The van der Waals surface area contributed by atoms with Gasteiger partial charge in [0.05, 0.1) is 0 Å². The van der Waals surface area contributed by atoms with E-state index in [0.29, 0.717) is 0 Å². The summed E-state index contributed by atoms with van der Waals surface area (Å²) in [5, 5.41) is 18.8. The predicted molar refractivity (Wildman–Crippen MR) is 78.9 cm³/mol. The molecule has 0 saturated carbocycles. The Hall–Kier alpha value is -2.48. The van der Waals surface area contributed by atoms with Crippen LogP contribution in [-0.2, 0) is 0 Å². The molecule has 0 fully saturated rings. The van der Waals surface area contributed by atoms with Gasteiger partial charge >= 0.3 is 0 Å². The molecule has 0 radical (unpaired) electrons. The lowest BCUT2D eigenvalue weighted by molar-refractivity contribution is 0.450. The maximum atomic E-state index is 9.41. The van der Waals surface area contributed by atoms with E-state index in [1.807, 2.05) is 55.5 Å². The van der Waals surface area contributed by atoms with E-state index < -0.39 is 0 Å². The van der Waals surface area contributed by atoms with Gasteiger partial charge in [0.2, 0.25) is 0 Å². The summed E-state index contributed by atoms with van der Waals surface area (Å²) in [5.41, 5.74) is 2.94. The van der Waals surface area contributed by atoms with E-state index in [1.54, 1.807) is 12.1 Å². The van der Waals surface area contributed by atoms with Crippen LogP contribution in [0.25, 0.3) is 12.2 Å². The molecule has 2 heteroatoms. The standard InChI is InChI=1S/C17H16O2/c1-13(7-8-14-5-3-2-4-6-14)9-15-10-16(18)12-17(19)11-15/h2-12,18-19H,1H3. The molecule has 0 saturated heterocycles. The molecule has 19 heavy (non-hydrogen) atoms. The average Bonchev–Trinajstić information content (AvgIpc) is 2.36. The molecule has 0 bridgehead atoms. The molecule has 96 valence electrons. The molecule has 0 aliphatic carbocycles. The SMILES string of the molecule is CC(C=Cc1ccccc1)=Cc1cc(O)cc(O)c1. The van der Waals surface area contributed by atoms with Crippen molar-refractivity contribution in [1.29, 1.82) is 0 Å². The Morgan fingerprint density at radius 2 is 1.53 bits per heavy atom. The van der Waals surface area contributed by atoms with Crippen molar-refractivity contribution in [3.8, 4) is 11.5 Å². The molecule has 0 atom stereocenters. The second-order valence-electron chi connectivity index (χ2n) is 4.42. The summed E-state index contributed by atoms with van der Waals surface area (Å²) in [6.45, 7) is 1.97. The van der Waals surface area contributed by atoms with Gasteiger partial charge in [-0.05, 0) is 30.2 Å². The number of hydrogen-bond acceptors (Lipinski definition) is 2. The smallest absolute Gasteiger partial charge is 0.119 e. The van der Waals surface area contributed by atoms with Crippen molar-refractivity contribution in [3.63, 3.8) is 0 Å². The first-order chi connectivity index (χ1) is 9.13. The third kappa shape index (κ3) is 4.03. The van der Waals surface area contributed by atoms with E-state index >= 15 is 0 Å². The Balaban J connectivity index is 2.17. The summed E-state index contributed by atoms with van der Waals surface area (Å²) in [6, 6.07) is 14.6. The molecule has 0 spiro atoms. The van der Waals surface area contributed by atoms with Gasteiger partial charge in [-0.1, -0.05) is 54.1 Å². The van der Waals surface area contributed by atoms with Crippen LogP contribution in [0.5, 0.6) is 11.5 Å². The number of phenolic OH excluding ortho intramolecular Hbond substituents is 2. The van der Waals surface area contributed by atoms with E-state index in [4.69, 9.17) is 0 Å². The van der Waals surface area contributed by atoms with Crippen LogP contribution in [0.1, 0.15) is 18.1 Å². The van der Waals surface area contributed by atoms with Gasteiger partial charge in [0.15, 0.2) is 0 Å². The van der Waals surface area contributed by atoms with E-state index in [0.717, 1.165) is 16.7 Å². The van der Waals surface area contributed by atoms with Gasteiger partial charge in [-0.3, -0.25) is 0 Å². The highest BCUT2D eigenvalue weighted by molar-refractivity contribution is 5.62. The molecule has 2 N–H and O–H groups in total. The molecule has 0 aliphatic rings. The summed E-state index contributed by atoms with van der Waals surface area (Å²) in [5.74, 6) is 0.122. The fourth-order valence-corrected chi connectivity index (χ4v) is 1.80. The summed E-state index contributed by atoms with van der Waals surface area (Å²) in [6.07, 6.45) is 5.92. The van der Waals surface area contributed by atoms with E-state index in [9.17, 15) is 10.2 Å². The zero-order valence-electron chi connectivity index (χ0n) is 10.7. The van der Waals surface area contributed by atoms with E-state index in [2.05, 4.69) is 0 Å². The molecule has 2 aromatic rings. The fraction of sp³-hybridized carbons (Fsp3) is 0.0588. The summed E-state index contributed by atoms with van der Waals surface area (Å²) in [4.78, 5) is 0. The van der Waals surface area contributed by atoms with Crippen molar-refractivity contribution in [2.75, 3.05) is 0 Å². The van der Waals surface area contributed by atoms with Gasteiger partial charge < -0.3 is 10.2 Å². The lowest BCUT2D eigenvalue weighted by Gasteiger charge is -1.99. The zero-order valence-corrected chi connectivity index (χ0v) is 10.7. The Kier molecular flexibility index (Phi) is 4.04. The minimum atomic E-state index is 0.0612. The van der Waals surface area contributed by atoms with E-state index in [-0.39, 0.29) is 11.5 Å². The molecular weight excluding hydrogens is 236 g/mol. The van der Waals surface area contributed by atoms with Gasteiger partial charge in [0.25, 0.3) is 0 Å². The van der Waals surface area contributed by atoms with Gasteiger partial charge in [-0.2, -0.15) is 0 Å². The van der Waals surface area contributed by atoms with Crippen molar-refractivity contribution in [2.24, 2.45) is 0 Å². The predicted octanol–water partition coefficient (Wildman–Crippen LogP) is 4.21. The average molecular weight is 252 g/mol. The number of aromatic hydroxyl groups is 2. The van der Waals surface area contributed by atoms with Crippen molar-refractivity contribution in [1.82, 2.24) is 0 Å². The Morgan fingerprint density at radius 3 is 2.16 bits per heavy atom. The van der Waals surface area contributed by atoms with Crippen LogP contribution in [0.4, 0.5) is 0 Å². The first kappa shape index (κ1) is 13.0. The van der Waals surface area contributed by atoms with E-state index in [1.165, 1.54) is 6.07 Å². The maximum Gasteiger partial charge on any atom is 0.119 e. The first-order valence-electron chi connectivity index (χ1n) is 6.08. The molecular formula is C17H16O2. The Morgan fingerprint density at radius 1 is 0.895 bits per heavy atom. The van der Waals surface area contributed by atoms with Gasteiger partial charge in [0, 0.05) is 6.07 Å². The molecule has 2 aromatic carbocycles. The molecule has 2 nitrogen and oxygen atoms in total. The maximum absolute atomic E-state index is 9.41. The van der Waals surface area contributed by atoms with Crippen LogP contribution in [0.2, 0.25) is 0 Å². The Bertz CT molecular complexity index is 590.